The highest BCUT2D eigenvalue weighted by molar-refractivity contribution is 6.07. The molecule has 0 unspecified atom stereocenters. The number of aromatic hydroxyl groups is 2. The van der Waals surface area contributed by atoms with Gasteiger partial charge in [0.2, 0.25) is 0 Å². The molecule has 2 N–H and O–H groups in total. The fraction of sp³-hybridized carbons (Fsp3) is 0.111. The van der Waals surface area contributed by atoms with Crippen LogP contribution >= 0.6 is 0 Å². The van der Waals surface area contributed by atoms with Gasteiger partial charge in [-0.05, 0) is 114 Å². The van der Waals surface area contributed by atoms with Crippen LogP contribution in [0.1, 0.15) is 38.7 Å². The fourth-order valence-electron chi connectivity index (χ4n) is 11.5. The number of para-hydroxylation sites is 2. The Kier molecular flexibility index (Phi) is 14.2. The molecule has 0 radical (unpaired) electrons. The second-order valence-corrected chi connectivity index (χ2v) is 20.4. The molecule has 0 aliphatic rings. The van der Waals surface area contributed by atoms with E-state index in [1.807, 2.05) is 177 Å². The van der Waals surface area contributed by atoms with Gasteiger partial charge in [-0.2, -0.15) is 0 Å². The molecular formula is C72H57F3N2O4. The summed E-state index contributed by atoms with van der Waals surface area (Å²) in [6.07, 6.45) is 0.326. The Morgan fingerprint density at radius 1 is 0.395 bits per heavy atom. The number of ether oxygens (including phenoxy) is 2. The summed E-state index contributed by atoms with van der Waals surface area (Å²) in [5.74, 6) is -1.47. The van der Waals surface area contributed by atoms with Gasteiger partial charge in [0.1, 0.15) is 52.7 Å². The summed E-state index contributed by atoms with van der Waals surface area (Å²) in [6, 6.07) is 70.7. The number of halogens is 3. The van der Waals surface area contributed by atoms with E-state index in [0.717, 1.165) is 72.1 Å². The van der Waals surface area contributed by atoms with Crippen LogP contribution < -0.4 is 9.47 Å². The third-order valence-electron chi connectivity index (χ3n) is 15.2. The van der Waals surface area contributed by atoms with Crippen molar-refractivity contribution in [3.8, 4) is 101 Å². The molecule has 400 valence electrons. The van der Waals surface area contributed by atoms with Crippen molar-refractivity contribution in [2.75, 3.05) is 0 Å². The van der Waals surface area contributed by atoms with Crippen LogP contribution in [0.3, 0.4) is 0 Å². The third-order valence-corrected chi connectivity index (χ3v) is 15.2. The molecule has 0 fully saturated rings. The van der Waals surface area contributed by atoms with Crippen LogP contribution in [-0.4, -0.2) is 31.6 Å². The van der Waals surface area contributed by atoms with Gasteiger partial charge in [0.15, 0.2) is 0 Å². The molecule has 0 aliphatic heterocycles. The van der Waals surface area contributed by atoms with Gasteiger partial charge in [-0.15, -0.1) is 0 Å². The molecule has 9 heteroatoms. The predicted octanol–water partition coefficient (Wildman–Crippen LogP) is 19.1. The van der Waals surface area contributed by atoms with Gasteiger partial charge in [0, 0.05) is 56.6 Å². The molecule has 2 aromatic heterocycles. The average molecular weight is 1070 g/mol. The Hall–Kier alpha value is -9.73. The van der Waals surface area contributed by atoms with Crippen LogP contribution in [0.4, 0.5) is 13.2 Å². The van der Waals surface area contributed by atoms with Crippen LogP contribution in [-0.2, 0) is 0 Å². The molecule has 0 aliphatic carbocycles. The standard InChI is InChI=1S/C72H57F3N2O4/c1-4-53(80-65-36-34-50(73)40-57(65)59-38-45(3)39-63(71(59)78)76-61-32-20-18-30-55(61)67(46-22-10-6-11-23-46)69(76)48-26-14-8-15-27-48)44-54(5-2)81-66-37-35-51(74)41-58(66)60-42-52(75)43-64(72(60)79)77-62-33-21-19-31-56(62)68(47-24-12-7-13-25-47)70(77)49-28-16-9-17-29-49/h6-43,53-54,78-79H,4-5,44H2,1-3H3/t53-,54+/m0/s1. The van der Waals surface area contributed by atoms with Crippen LogP contribution in [0.5, 0.6) is 23.0 Å². The lowest BCUT2D eigenvalue weighted by Crippen LogP contribution is -2.27. The monoisotopic (exact) mass is 1070 g/mol. The maximum atomic E-state index is 16.5. The Labute approximate surface area is 468 Å². The van der Waals surface area contributed by atoms with Crippen molar-refractivity contribution in [1.29, 1.82) is 0 Å². The van der Waals surface area contributed by atoms with E-state index >= 15 is 13.2 Å². The molecule has 81 heavy (non-hydrogen) atoms. The van der Waals surface area contributed by atoms with E-state index in [2.05, 4.69) is 34.9 Å². The van der Waals surface area contributed by atoms with Gasteiger partial charge in [0.05, 0.1) is 33.8 Å². The van der Waals surface area contributed by atoms with Crippen LogP contribution in [0.2, 0.25) is 0 Å². The van der Waals surface area contributed by atoms with Gasteiger partial charge < -0.3 is 28.8 Å². The summed E-state index contributed by atoms with van der Waals surface area (Å²) >= 11 is 0. The Morgan fingerprint density at radius 3 is 1.20 bits per heavy atom. The smallest absolute Gasteiger partial charge is 0.147 e. The van der Waals surface area contributed by atoms with E-state index in [9.17, 15) is 10.2 Å². The molecule has 6 nitrogen and oxygen atoms in total. The predicted molar refractivity (Wildman–Crippen MR) is 321 cm³/mol. The molecule has 0 saturated heterocycles. The Bertz CT molecular complexity index is 3980. The van der Waals surface area contributed by atoms with Gasteiger partial charge in [-0.1, -0.05) is 172 Å². The van der Waals surface area contributed by atoms with Crippen molar-refractivity contribution in [2.24, 2.45) is 0 Å². The zero-order valence-corrected chi connectivity index (χ0v) is 45.0. The van der Waals surface area contributed by atoms with E-state index in [0.29, 0.717) is 41.8 Å². The van der Waals surface area contributed by atoms with E-state index < -0.39 is 29.7 Å². The lowest BCUT2D eigenvalue weighted by molar-refractivity contribution is 0.106. The summed E-state index contributed by atoms with van der Waals surface area (Å²) in [5.41, 5.74) is 11.4. The van der Waals surface area contributed by atoms with Crippen molar-refractivity contribution < 1.29 is 32.9 Å². The van der Waals surface area contributed by atoms with Gasteiger partial charge in [-0.3, -0.25) is 0 Å². The summed E-state index contributed by atoms with van der Waals surface area (Å²) in [7, 11) is 0. The second-order valence-electron chi connectivity index (χ2n) is 20.4. The van der Waals surface area contributed by atoms with Gasteiger partial charge >= 0.3 is 0 Å². The number of rotatable bonds is 16. The molecule has 0 bridgehead atoms. The molecule has 0 amide bonds. The highest BCUT2D eigenvalue weighted by atomic mass is 19.1. The molecule has 10 aromatic carbocycles. The van der Waals surface area contributed by atoms with Crippen molar-refractivity contribution in [3.63, 3.8) is 0 Å². The van der Waals surface area contributed by atoms with Gasteiger partial charge in [0.25, 0.3) is 0 Å². The van der Waals surface area contributed by atoms with Crippen LogP contribution in [0.15, 0.2) is 231 Å². The topological polar surface area (TPSA) is 68.8 Å². The highest BCUT2D eigenvalue weighted by Gasteiger charge is 2.29. The number of phenols is 2. The summed E-state index contributed by atoms with van der Waals surface area (Å²) < 4.78 is 65.4. The van der Waals surface area contributed by atoms with E-state index in [4.69, 9.17) is 9.47 Å². The second kappa shape index (κ2) is 22.2. The minimum Gasteiger partial charge on any atom is -0.505 e. The van der Waals surface area contributed by atoms with Crippen molar-refractivity contribution in [1.82, 2.24) is 9.13 Å². The Balaban J connectivity index is 0.902. The number of fused-ring (bicyclic) bond motifs is 2. The zero-order chi connectivity index (χ0) is 55.7. The first-order valence-electron chi connectivity index (χ1n) is 27.4. The van der Waals surface area contributed by atoms with E-state index in [1.54, 1.807) is 6.07 Å². The minimum atomic E-state index is -0.644. The van der Waals surface area contributed by atoms with Crippen LogP contribution in [0.25, 0.3) is 100 Å². The molecule has 12 aromatic rings. The number of benzene rings is 10. The average Bonchev–Trinajstić information content (AvgIpc) is 4.27. The molecule has 12 rings (SSSR count). The minimum absolute atomic E-state index is 0.0454. The summed E-state index contributed by atoms with van der Waals surface area (Å²) in [4.78, 5) is 0. The van der Waals surface area contributed by atoms with Crippen molar-refractivity contribution in [3.05, 3.63) is 254 Å². The molecule has 2 atom stereocenters. The zero-order valence-electron chi connectivity index (χ0n) is 45.0. The molecule has 0 saturated carbocycles. The molecule has 0 spiro atoms. The number of aryl methyl sites for hydroxylation is 1. The molecule has 2 heterocycles. The largest absolute Gasteiger partial charge is 0.505 e. The summed E-state index contributed by atoms with van der Waals surface area (Å²) in [6.45, 7) is 5.91. The number of hydrogen-bond acceptors (Lipinski definition) is 4. The SMILES string of the molecule is CC[C@H](C[C@H](CC)Oc1ccc(F)cc1-c1cc(C)cc(-n2c(-c3ccccc3)c(-c3ccccc3)c3ccccc32)c1O)Oc1ccc(F)cc1-c1cc(F)cc(-n2c(-c3ccccc3)c(-c3ccccc3)c3ccccc32)c1O. The summed E-state index contributed by atoms with van der Waals surface area (Å²) in [5, 5.41) is 27.2. The maximum Gasteiger partial charge on any atom is 0.147 e. The number of phenolic OH excluding ortho intramolecular Hbond substituents is 2. The van der Waals surface area contributed by atoms with Crippen LogP contribution in [0, 0.1) is 24.4 Å². The fourth-order valence-corrected chi connectivity index (χ4v) is 11.5. The number of nitrogens with zero attached hydrogens (tertiary/aromatic N) is 2. The lowest BCUT2D eigenvalue weighted by Gasteiger charge is -2.26. The number of aromatic nitrogens is 2. The Morgan fingerprint density at radius 2 is 0.765 bits per heavy atom. The lowest BCUT2D eigenvalue weighted by atomic mass is 9.97. The van der Waals surface area contributed by atoms with Gasteiger partial charge in [-0.25, -0.2) is 13.2 Å². The quantitative estimate of drug-likeness (QED) is 0.101. The first-order valence-corrected chi connectivity index (χ1v) is 27.4. The number of hydrogen-bond donors (Lipinski definition) is 2. The highest BCUT2D eigenvalue weighted by Crippen LogP contribution is 2.50. The first kappa shape index (κ1) is 52.0. The normalized spacial score (nSPS) is 12.2. The maximum absolute atomic E-state index is 16.5. The van der Waals surface area contributed by atoms with E-state index in [-0.39, 0.29) is 34.1 Å². The van der Waals surface area contributed by atoms with E-state index in [1.165, 1.54) is 42.5 Å². The first-order chi connectivity index (χ1) is 39.6. The molecular weight excluding hydrogens is 1010 g/mol. The van der Waals surface area contributed by atoms with Crippen molar-refractivity contribution in [2.45, 2.75) is 52.2 Å². The van der Waals surface area contributed by atoms with Crippen molar-refractivity contribution >= 4 is 21.8 Å². The third kappa shape index (κ3) is 9.86.